The highest BCUT2D eigenvalue weighted by atomic mass is 16.6. The Hall–Kier alpha value is -0.170. The maximum atomic E-state index is 4.73. The first-order valence-corrected chi connectivity index (χ1v) is 1.92. The highest BCUT2D eigenvalue weighted by Gasteiger charge is 2.36. The first-order valence-electron chi connectivity index (χ1n) is 1.92. The summed E-state index contributed by atoms with van der Waals surface area (Å²) >= 11 is 0. The van der Waals surface area contributed by atoms with Crippen LogP contribution in [0.2, 0.25) is 0 Å². The number of rotatable bonds is 1. The number of hydrogen-bond acceptors (Lipinski definition) is 1. The molecule has 0 N–H and O–H groups in total. The van der Waals surface area contributed by atoms with Crippen LogP contribution < -0.4 is 0 Å². The van der Waals surface area contributed by atoms with Gasteiger partial charge in [-0.05, 0) is 0 Å². The Morgan fingerprint density at radius 3 is 2.60 bits per heavy atom. The van der Waals surface area contributed by atoms with Gasteiger partial charge in [0.25, 0.3) is 12.7 Å². The fourth-order valence-electron chi connectivity index (χ4n) is 0.248. The molecule has 0 saturated carbocycles. The van der Waals surface area contributed by atoms with E-state index in [4.69, 9.17) is 4.74 Å². The molecule has 0 bridgehead atoms. The van der Waals surface area contributed by atoms with Gasteiger partial charge in [-0.3, -0.25) is 0 Å². The quantitative estimate of drug-likeness (QED) is 0.331. The molecular weight excluding hydrogens is 64.0 g/mol. The summed E-state index contributed by atoms with van der Waals surface area (Å²) in [6, 6.07) is 0. The zero-order valence-electron chi connectivity index (χ0n) is 3.27. The van der Waals surface area contributed by atoms with E-state index in [1.54, 1.807) is 0 Å². The van der Waals surface area contributed by atoms with E-state index in [0.717, 1.165) is 6.42 Å². The summed E-state index contributed by atoms with van der Waals surface area (Å²) < 4.78 is 4.73. The summed E-state index contributed by atoms with van der Waals surface area (Å²) in [5.74, 6) is 0. The second-order valence-electron chi connectivity index (χ2n) is 1.22. The minimum absolute atomic E-state index is 0.509. The van der Waals surface area contributed by atoms with Gasteiger partial charge in [-0.1, -0.05) is 6.92 Å². The minimum Gasteiger partial charge on any atom is -0.139 e. The number of epoxide rings is 1. The van der Waals surface area contributed by atoms with Gasteiger partial charge in [0, 0.05) is 6.42 Å². The molecule has 1 nitrogen and oxygen atoms in total. The fraction of sp³-hybridized carbons (Fsp3) is 0.750. The highest BCUT2D eigenvalue weighted by Crippen LogP contribution is 2.17. The van der Waals surface area contributed by atoms with Crippen LogP contribution >= 0.6 is 0 Å². The molecule has 1 fully saturated rings. The third-order valence-corrected chi connectivity index (χ3v) is 0.731. The molecule has 28 valence electrons. The molecule has 1 atom stereocenters. The van der Waals surface area contributed by atoms with Crippen molar-refractivity contribution in [2.45, 2.75) is 19.4 Å². The van der Waals surface area contributed by atoms with E-state index in [-0.39, 0.29) is 0 Å². The van der Waals surface area contributed by atoms with E-state index in [1.165, 1.54) is 0 Å². The zero-order chi connectivity index (χ0) is 3.70. The number of hydrogen-bond donors (Lipinski definition) is 0. The zero-order valence-corrected chi connectivity index (χ0v) is 3.27. The van der Waals surface area contributed by atoms with Crippen LogP contribution in [0.3, 0.4) is 0 Å². The van der Waals surface area contributed by atoms with E-state index in [2.05, 4.69) is 6.92 Å². The molecule has 1 aliphatic rings. The Morgan fingerprint density at radius 1 is 2.00 bits per heavy atom. The maximum absolute atomic E-state index is 4.73. The van der Waals surface area contributed by atoms with Crippen molar-refractivity contribution in [2.24, 2.45) is 0 Å². The standard InChI is InChI=1S/C4H7O/c1-2-4-3-5-4/h3-4H,2H2,1H3/q+1. The van der Waals surface area contributed by atoms with Gasteiger partial charge in [0.05, 0.1) is 0 Å². The molecule has 0 aromatic carbocycles. The summed E-state index contributed by atoms with van der Waals surface area (Å²) in [6.45, 7) is 3.95. The SMILES string of the molecule is CCC1[CH+]O1. The van der Waals surface area contributed by atoms with Crippen LogP contribution in [0.25, 0.3) is 0 Å². The predicted molar refractivity (Wildman–Crippen MR) is 19.5 cm³/mol. The van der Waals surface area contributed by atoms with Gasteiger partial charge in [-0.15, -0.1) is 4.74 Å². The molecule has 1 aliphatic heterocycles. The van der Waals surface area contributed by atoms with Crippen LogP contribution in [0.15, 0.2) is 0 Å². The lowest BCUT2D eigenvalue weighted by Crippen LogP contribution is -1.71. The lowest BCUT2D eigenvalue weighted by atomic mass is 10.4. The highest BCUT2D eigenvalue weighted by molar-refractivity contribution is 4.80. The van der Waals surface area contributed by atoms with Crippen molar-refractivity contribution in [3.8, 4) is 0 Å². The van der Waals surface area contributed by atoms with Crippen molar-refractivity contribution in [3.05, 3.63) is 6.61 Å². The third kappa shape index (κ3) is 0.550. The average Bonchev–Trinajstić information content (AvgIpc) is 2.12. The smallest absolute Gasteiger partial charge is 0.139 e. The number of ether oxygens (including phenoxy) is 1. The molecular formula is C4H7O+. The lowest BCUT2D eigenvalue weighted by Gasteiger charge is -1.57. The van der Waals surface area contributed by atoms with Crippen molar-refractivity contribution in [2.75, 3.05) is 0 Å². The molecule has 1 heteroatoms. The Labute approximate surface area is 31.9 Å². The van der Waals surface area contributed by atoms with Gasteiger partial charge in [0.1, 0.15) is 0 Å². The van der Waals surface area contributed by atoms with E-state index in [0.29, 0.717) is 6.10 Å². The lowest BCUT2D eigenvalue weighted by molar-refractivity contribution is 0.419. The average molecular weight is 71.1 g/mol. The third-order valence-electron chi connectivity index (χ3n) is 0.731. The van der Waals surface area contributed by atoms with Crippen LogP contribution in [-0.2, 0) is 4.74 Å². The Balaban J connectivity index is 2.00. The molecule has 0 spiro atoms. The van der Waals surface area contributed by atoms with Gasteiger partial charge < -0.3 is 0 Å². The van der Waals surface area contributed by atoms with E-state index in [1.807, 2.05) is 6.61 Å². The summed E-state index contributed by atoms with van der Waals surface area (Å²) in [5, 5.41) is 0. The van der Waals surface area contributed by atoms with E-state index < -0.39 is 0 Å². The van der Waals surface area contributed by atoms with Crippen LogP contribution in [-0.4, -0.2) is 6.10 Å². The van der Waals surface area contributed by atoms with Crippen LogP contribution in [0.4, 0.5) is 0 Å². The normalized spacial score (nSPS) is 32.6. The van der Waals surface area contributed by atoms with E-state index >= 15 is 0 Å². The van der Waals surface area contributed by atoms with Gasteiger partial charge in [0.15, 0.2) is 0 Å². The Kier molecular flexibility index (Phi) is 0.548. The summed E-state index contributed by atoms with van der Waals surface area (Å²) in [4.78, 5) is 0. The van der Waals surface area contributed by atoms with Crippen LogP contribution in [0, 0.1) is 6.61 Å². The second kappa shape index (κ2) is 0.902. The molecule has 1 heterocycles. The van der Waals surface area contributed by atoms with Gasteiger partial charge >= 0.3 is 0 Å². The minimum atomic E-state index is 0.509. The molecule has 0 radical (unpaired) electrons. The second-order valence-corrected chi connectivity index (χ2v) is 1.22. The maximum Gasteiger partial charge on any atom is 0.275 e. The topological polar surface area (TPSA) is 12.5 Å². The Bertz CT molecular complexity index is 30.6. The van der Waals surface area contributed by atoms with Crippen molar-refractivity contribution in [3.63, 3.8) is 0 Å². The molecule has 1 unspecified atom stereocenters. The van der Waals surface area contributed by atoms with Crippen molar-refractivity contribution < 1.29 is 4.74 Å². The molecule has 5 heavy (non-hydrogen) atoms. The van der Waals surface area contributed by atoms with Crippen molar-refractivity contribution in [1.29, 1.82) is 0 Å². The molecule has 0 aromatic rings. The largest absolute Gasteiger partial charge is 0.275 e. The van der Waals surface area contributed by atoms with Crippen molar-refractivity contribution >= 4 is 0 Å². The molecule has 1 saturated heterocycles. The summed E-state index contributed by atoms with van der Waals surface area (Å²) in [6.07, 6.45) is 1.65. The molecule has 0 aliphatic carbocycles. The molecule has 1 rings (SSSR count). The van der Waals surface area contributed by atoms with E-state index in [9.17, 15) is 0 Å². The van der Waals surface area contributed by atoms with Crippen LogP contribution in [0.5, 0.6) is 0 Å². The predicted octanol–water partition coefficient (Wildman–Crippen LogP) is 0.957. The van der Waals surface area contributed by atoms with Gasteiger partial charge in [-0.25, -0.2) is 0 Å². The monoisotopic (exact) mass is 71.0 g/mol. The van der Waals surface area contributed by atoms with Gasteiger partial charge in [-0.2, -0.15) is 0 Å². The van der Waals surface area contributed by atoms with Crippen molar-refractivity contribution in [1.82, 2.24) is 0 Å². The van der Waals surface area contributed by atoms with Gasteiger partial charge in [0.2, 0.25) is 0 Å². The Morgan fingerprint density at radius 2 is 2.60 bits per heavy atom. The first-order chi connectivity index (χ1) is 2.43. The fourth-order valence-corrected chi connectivity index (χ4v) is 0.248. The first kappa shape index (κ1) is 3.04. The van der Waals surface area contributed by atoms with Crippen LogP contribution in [0.1, 0.15) is 13.3 Å². The summed E-state index contributed by atoms with van der Waals surface area (Å²) in [5.41, 5.74) is 0. The molecule has 0 aromatic heterocycles. The molecule has 0 amide bonds. The summed E-state index contributed by atoms with van der Waals surface area (Å²) in [7, 11) is 0.